The molecule has 0 radical (unpaired) electrons. The maximum atomic E-state index is 13.8. The summed E-state index contributed by atoms with van der Waals surface area (Å²) in [5.74, 6) is -1.27. The second kappa shape index (κ2) is 21.3. The van der Waals surface area contributed by atoms with E-state index in [1.807, 2.05) is 57.5 Å². The average Bonchev–Trinajstić information content (AvgIpc) is 3.68. The number of β-amino-alcohol motifs (C(OH)–C–C–N with tert-alkyl or cyclic N) is 1. The van der Waals surface area contributed by atoms with Crippen molar-refractivity contribution < 1.29 is 43.2 Å². The third-order valence-corrected chi connectivity index (χ3v) is 8.67. The highest BCUT2D eigenvalue weighted by molar-refractivity contribution is 7.13. The van der Waals surface area contributed by atoms with Crippen molar-refractivity contribution in [2.24, 2.45) is 11.1 Å². The van der Waals surface area contributed by atoms with Crippen LogP contribution < -0.4 is 16.4 Å². The molecule has 1 aromatic carbocycles. The lowest BCUT2D eigenvalue weighted by atomic mass is 9.85. The van der Waals surface area contributed by atoms with E-state index in [2.05, 4.69) is 15.6 Å². The van der Waals surface area contributed by atoms with Gasteiger partial charge in [-0.1, -0.05) is 45.0 Å². The number of aliphatic hydroxyl groups excluding tert-OH is 1. The summed E-state index contributed by atoms with van der Waals surface area (Å²) < 4.78 is 26.9. The summed E-state index contributed by atoms with van der Waals surface area (Å²) >= 11 is 1.57. The molecular formula is C34H53N5O9S. The molecule has 5 N–H and O–H groups in total. The van der Waals surface area contributed by atoms with Gasteiger partial charge < -0.3 is 50.1 Å². The molecule has 2 heterocycles. The van der Waals surface area contributed by atoms with Crippen molar-refractivity contribution in [3.63, 3.8) is 0 Å². The molecule has 0 aliphatic carbocycles. The van der Waals surface area contributed by atoms with E-state index in [1.165, 1.54) is 4.90 Å². The third kappa shape index (κ3) is 14.0. The number of thiazole rings is 1. The summed E-state index contributed by atoms with van der Waals surface area (Å²) in [5, 5.41) is 16.1. The molecule has 0 bridgehead atoms. The zero-order valence-corrected chi connectivity index (χ0v) is 29.9. The van der Waals surface area contributed by atoms with E-state index in [1.54, 1.807) is 11.3 Å². The molecule has 1 aromatic heterocycles. The van der Waals surface area contributed by atoms with Crippen LogP contribution in [0.2, 0.25) is 0 Å². The molecule has 1 saturated heterocycles. The Labute approximate surface area is 293 Å². The Kier molecular flexibility index (Phi) is 17.5. The number of rotatable bonds is 22. The van der Waals surface area contributed by atoms with Crippen LogP contribution in [0.4, 0.5) is 0 Å². The number of nitrogens with two attached hydrogens (primary N) is 1. The number of aromatic nitrogens is 1. The minimum absolute atomic E-state index is 0.00294. The van der Waals surface area contributed by atoms with Crippen molar-refractivity contribution in [1.82, 2.24) is 20.5 Å². The SMILES string of the molecule is Cc1ncsc1-c1ccc(CNC(=O)[C@H]2C[C@H](O)CN2C(=O)[C@H](NC(=O)COCCOCCOCCOCCOCCN)C(C)(C)C)cc1. The van der Waals surface area contributed by atoms with Crippen LogP contribution >= 0.6 is 11.3 Å². The molecule has 1 aliphatic heterocycles. The molecule has 1 fully saturated rings. The van der Waals surface area contributed by atoms with Crippen LogP contribution in [0.3, 0.4) is 0 Å². The van der Waals surface area contributed by atoms with Gasteiger partial charge in [-0.2, -0.15) is 0 Å². The first kappa shape index (κ1) is 40.4. The minimum Gasteiger partial charge on any atom is -0.391 e. The molecule has 0 saturated carbocycles. The lowest BCUT2D eigenvalue weighted by Gasteiger charge is -2.35. The minimum atomic E-state index is -0.942. The molecule has 274 valence electrons. The van der Waals surface area contributed by atoms with Crippen molar-refractivity contribution in [3.8, 4) is 10.4 Å². The number of nitrogens with zero attached hydrogens (tertiary/aromatic N) is 2. The smallest absolute Gasteiger partial charge is 0.246 e. The summed E-state index contributed by atoms with van der Waals surface area (Å²) in [6, 6.07) is 6.06. The maximum Gasteiger partial charge on any atom is 0.246 e. The van der Waals surface area contributed by atoms with Gasteiger partial charge in [0.1, 0.15) is 18.7 Å². The lowest BCUT2D eigenvalue weighted by molar-refractivity contribution is -0.144. The number of ether oxygens (including phenoxy) is 5. The van der Waals surface area contributed by atoms with Crippen molar-refractivity contribution in [2.45, 2.75) is 58.8 Å². The number of nitrogens with one attached hydrogen (secondary N) is 2. The van der Waals surface area contributed by atoms with Gasteiger partial charge in [-0.25, -0.2) is 4.98 Å². The standard InChI is InChI=1S/C34H53N5O9S/c1-24-30(49-23-37-24)26-7-5-25(6-8-26)20-36-32(42)28-19-27(40)21-39(28)33(43)31(34(2,3)4)38-29(41)22-48-18-17-47-16-15-46-14-13-45-12-11-44-10-9-35/h5-8,23,27-28,31,40H,9-22,35H2,1-4H3,(H,36,42)(H,38,41)/t27-,28+,31-/m0/s1. The molecular weight excluding hydrogens is 654 g/mol. The van der Waals surface area contributed by atoms with Gasteiger partial charge >= 0.3 is 0 Å². The second-order valence-corrected chi connectivity index (χ2v) is 13.6. The Balaban J connectivity index is 1.38. The van der Waals surface area contributed by atoms with Gasteiger partial charge in [0.2, 0.25) is 17.7 Å². The number of carbonyl (C=O) groups excluding carboxylic acids is 3. The van der Waals surface area contributed by atoms with E-state index in [0.29, 0.717) is 52.8 Å². The van der Waals surface area contributed by atoms with Crippen LogP contribution in [0.25, 0.3) is 10.4 Å². The molecule has 0 unspecified atom stereocenters. The van der Waals surface area contributed by atoms with Crippen LogP contribution in [0, 0.1) is 12.3 Å². The van der Waals surface area contributed by atoms with Gasteiger partial charge in [0.25, 0.3) is 0 Å². The van der Waals surface area contributed by atoms with Crippen molar-refractivity contribution in [3.05, 3.63) is 41.0 Å². The molecule has 14 nitrogen and oxygen atoms in total. The predicted molar refractivity (Wildman–Crippen MR) is 185 cm³/mol. The zero-order valence-electron chi connectivity index (χ0n) is 29.1. The number of hydrogen-bond donors (Lipinski definition) is 4. The fourth-order valence-electron chi connectivity index (χ4n) is 5.11. The van der Waals surface area contributed by atoms with Crippen LogP contribution in [0.15, 0.2) is 29.8 Å². The molecule has 15 heteroatoms. The molecule has 1 aliphatic rings. The van der Waals surface area contributed by atoms with Crippen LogP contribution in [0.5, 0.6) is 0 Å². The fourth-order valence-corrected chi connectivity index (χ4v) is 5.92. The molecule has 3 rings (SSSR count). The van der Waals surface area contributed by atoms with Gasteiger partial charge in [0, 0.05) is 26.1 Å². The highest BCUT2D eigenvalue weighted by atomic mass is 32.1. The van der Waals surface area contributed by atoms with Crippen LogP contribution in [-0.4, -0.2) is 130 Å². The Morgan fingerprint density at radius 1 is 0.959 bits per heavy atom. The highest BCUT2D eigenvalue weighted by Gasteiger charge is 2.44. The number of carbonyl (C=O) groups is 3. The fraction of sp³-hybridized carbons (Fsp3) is 0.647. The van der Waals surface area contributed by atoms with E-state index < -0.39 is 35.4 Å². The Morgan fingerprint density at radius 3 is 2.06 bits per heavy atom. The van der Waals surface area contributed by atoms with E-state index in [4.69, 9.17) is 29.4 Å². The quantitative estimate of drug-likeness (QED) is 0.129. The summed E-state index contributed by atoms with van der Waals surface area (Å²) in [6.07, 6.45) is -0.745. The summed E-state index contributed by atoms with van der Waals surface area (Å²) in [6.45, 7) is 11.6. The first-order valence-corrected chi connectivity index (χ1v) is 17.5. The first-order chi connectivity index (χ1) is 23.5. The summed E-state index contributed by atoms with van der Waals surface area (Å²) in [4.78, 5) is 46.6. The van der Waals surface area contributed by atoms with Gasteiger partial charge in [0.05, 0.1) is 81.6 Å². The third-order valence-electron chi connectivity index (χ3n) is 7.69. The maximum absolute atomic E-state index is 13.8. The Bertz CT molecular complexity index is 1290. The van der Waals surface area contributed by atoms with Crippen molar-refractivity contribution in [2.75, 3.05) is 79.2 Å². The predicted octanol–water partition coefficient (Wildman–Crippen LogP) is 1.27. The number of aliphatic hydroxyl groups is 1. The average molecular weight is 708 g/mol. The number of aryl methyl sites for hydroxylation is 1. The van der Waals surface area contributed by atoms with Gasteiger partial charge in [0.15, 0.2) is 0 Å². The zero-order chi connectivity index (χ0) is 35.6. The number of benzene rings is 1. The first-order valence-electron chi connectivity index (χ1n) is 16.6. The largest absolute Gasteiger partial charge is 0.391 e. The normalized spacial score (nSPS) is 16.9. The number of likely N-dealkylation sites (tertiary alicyclic amines) is 1. The summed E-state index contributed by atoms with van der Waals surface area (Å²) in [7, 11) is 0. The Hall–Kier alpha value is -3.02. The molecule has 0 spiro atoms. The number of amides is 3. The molecule has 49 heavy (non-hydrogen) atoms. The topological polar surface area (TPSA) is 184 Å². The number of hydrogen-bond acceptors (Lipinski definition) is 12. The van der Waals surface area contributed by atoms with Gasteiger partial charge in [-0.05, 0) is 23.5 Å². The molecule has 3 atom stereocenters. The monoisotopic (exact) mass is 707 g/mol. The highest BCUT2D eigenvalue weighted by Crippen LogP contribution is 2.28. The van der Waals surface area contributed by atoms with Crippen LogP contribution in [0.1, 0.15) is 38.4 Å². The van der Waals surface area contributed by atoms with E-state index >= 15 is 0 Å². The molecule has 2 aromatic rings. The van der Waals surface area contributed by atoms with Crippen molar-refractivity contribution in [1.29, 1.82) is 0 Å². The van der Waals surface area contributed by atoms with Crippen LogP contribution in [-0.2, 0) is 44.6 Å². The van der Waals surface area contributed by atoms with Gasteiger partial charge in [-0.15, -0.1) is 11.3 Å². The molecule has 3 amide bonds. The van der Waals surface area contributed by atoms with E-state index in [-0.39, 0.29) is 45.2 Å². The van der Waals surface area contributed by atoms with Crippen molar-refractivity contribution >= 4 is 29.1 Å². The lowest BCUT2D eigenvalue weighted by Crippen LogP contribution is -2.58. The van der Waals surface area contributed by atoms with Gasteiger partial charge in [-0.3, -0.25) is 14.4 Å². The van der Waals surface area contributed by atoms with E-state index in [0.717, 1.165) is 21.7 Å². The second-order valence-electron chi connectivity index (χ2n) is 12.7. The summed E-state index contributed by atoms with van der Waals surface area (Å²) in [5.41, 5.74) is 9.40. The Morgan fingerprint density at radius 2 is 1.53 bits per heavy atom. The van der Waals surface area contributed by atoms with E-state index in [9.17, 15) is 19.5 Å².